The minimum Gasteiger partial charge on any atom is -0.322 e. The number of rotatable bonds is 6. The number of carbonyl (C=O) groups excluding carboxylic acids is 1. The molecule has 0 aliphatic carbocycles. The van der Waals surface area contributed by atoms with Gasteiger partial charge in [-0.15, -0.1) is 11.3 Å². The zero-order chi connectivity index (χ0) is 21.1. The maximum Gasteiger partial charge on any atom is 0.255 e. The van der Waals surface area contributed by atoms with E-state index in [0.29, 0.717) is 5.69 Å². The number of sulfonamides is 1. The van der Waals surface area contributed by atoms with Gasteiger partial charge in [0.15, 0.2) is 0 Å². The van der Waals surface area contributed by atoms with Crippen LogP contribution in [0.15, 0.2) is 89.1 Å². The van der Waals surface area contributed by atoms with E-state index >= 15 is 0 Å². The van der Waals surface area contributed by atoms with E-state index in [-0.39, 0.29) is 16.4 Å². The maximum atomic E-state index is 12.8. The molecule has 4 rings (SSSR count). The van der Waals surface area contributed by atoms with Gasteiger partial charge in [0.1, 0.15) is 0 Å². The second-order valence-electron chi connectivity index (χ2n) is 6.91. The summed E-state index contributed by atoms with van der Waals surface area (Å²) < 4.78 is 29.5. The van der Waals surface area contributed by atoms with E-state index in [4.69, 9.17) is 0 Å². The van der Waals surface area contributed by atoms with Crippen LogP contribution in [0.4, 0.5) is 5.69 Å². The third-order valence-electron chi connectivity index (χ3n) is 4.75. The van der Waals surface area contributed by atoms with Gasteiger partial charge >= 0.3 is 0 Å². The first-order valence-electron chi connectivity index (χ1n) is 9.38. The smallest absolute Gasteiger partial charge is 0.255 e. The number of carbonyl (C=O) groups is 1. The summed E-state index contributed by atoms with van der Waals surface area (Å²) in [7, 11) is -3.79. The number of anilines is 1. The molecule has 0 saturated carbocycles. The molecule has 0 spiro atoms. The Labute approximate surface area is 179 Å². The molecule has 0 bridgehead atoms. The highest BCUT2D eigenvalue weighted by Crippen LogP contribution is 2.24. The van der Waals surface area contributed by atoms with Crippen molar-refractivity contribution < 1.29 is 13.2 Å². The van der Waals surface area contributed by atoms with Crippen molar-refractivity contribution in [2.24, 2.45) is 0 Å². The average Bonchev–Trinajstić information content (AvgIpc) is 3.22. The summed E-state index contributed by atoms with van der Waals surface area (Å²) in [5.74, 6) is -0.363. The van der Waals surface area contributed by atoms with E-state index in [1.54, 1.807) is 30.4 Å². The Bertz CT molecular complexity index is 1300. The van der Waals surface area contributed by atoms with Crippen molar-refractivity contribution in [3.63, 3.8) is 0 Å². The summed E-state index contributed by atoms with van der Waals surface area (Å²) in [6.45, 7) is 1.78. The SMILES string of the molecule is CC(NS(=O)(=O)c1cccc(C(=O)Nc2ccc3sccc3c2)c1)c1ccccc1. The molecule has 1 amide bonds. The molecular weight excluding hydrogens is 416 g/mol. The van der Waals surface area contributed by atoms with Gasteiger partial charge in [0.05, 0.1) is 4.90 Å². The predicted molar refractivity (Wildman–Crippen MR) is 121 cm³/mol. The molecule has 0 fully saturated rings. The number of benzene rings is 3. The van der Waals surface area contributed by atoms with E-state index in [9.17, 15) is 13.2 Å². The van der Waals surface area contributed by atoms with E-state index < -0.39 is 16.1 Å². The van der Waals surface area contributed by atoms with Gasteiger partial charge in [-0.25, -0.2) is 13.1 Å². The molecular formula is C23H20N2O3S2. The van der Waals surface area contributed by atoms with Crippen molar-refractivity contribution in [3.8, 4) is 0 Å². The molecule has 7 heteroatoms. The molecule has 152 valence electrons. The summed E-state index contributed by atoms with van der Waals surface area (Å²) >= 11 is 1.63. The van der Waals surface area contributed by atoms with Gasteiger partial charge in [0, 0.05) is 22.0 Å². The van der Waals surface area contributed by atoms with Gasteiger partial charge in [0.2, 0.25) is 10.0 Å². The first-order chi connectivity index (χ1) is 14.4. The highest BCUT2D eigenvalue weighted by Gasteiger charge is 2.20. The Kier molecular flexibility index (Phi) is 5.67. The molecule has 1 aromatic heterocycles. The molecule has 4 aromatic rings. The van der Waals surface area contributed by atoms with Crippen LogP contribution >= 0.6 is 11.3 Å². The molecule has 0 aliphatic heterocycles. The molecule has 0 saturated heterocycles. The Hall–Kier alpha value is -3.00. The summed E-state index contributed by atoms with van der Waals surface area (Å²) in [4.78, 5) is 12.7. The molecule has 0 radical (unpaired) electrons. The first kappa shape index (κ1) is 20.3. The molecule has 30 heavy (non-hydrogen) atoms. The van der Waals surface area contributed by atoms with E-state index in [1.165, 1.54) is 12.1 Å². The lowest BCUT2D eigenvalue weighted by molar-refractivity contribution is 0.102. The van der Waals surface area contributed by atoms with E-state index in [1.807, 2.05) is 60.0 Å². The quantitative estimate of drug-likeness (QED) is 0.437. The van der Waals surface area contributed by atoms with Gasteiger partial charge in [0.25, 0.3) is 5.91 Å². The van der Waals surface area contributed by atoms with Gasteiger partial charge < -0.3 is 5.32 Å². The standard InChI is InChI=1S/C23H20N2O3S2/c1-16(17-6-3-2-4-7-17)25-30(27,28)21-9-5-8-19(15-21)23(26)24-20-10-11-22-18(14-20)12-13-29-22/h2-16,25H,1H3,(H,24,26). The predicted octanol–water partition coefficient (Wildman–Crippen LogP) is 5.19. The summed E-state index contributed by atoms with van der Waals surface area (Å²) in [6.07, 6.45) is 0. The lowest BCUT2D eigenvalue weighted by Gasteiger charge is -2.15. The lowest BCUT2D eigenvalue weighted by Crippen LogP contribution is -2.27. The fraction of sp³-hybridized carbons (Fsp3) is 0.0870. The van der Waals surface area contributed by atoms with Crippen LogP contribution in [0.25, 0.3) is 10.1 Å². The van der Waals surface area contributed by atoms with Crippen LogP contribution in [0.3, 0.4) is 0 Å². The van der Waals surface area contributed by atoms with Crippen LogP contribution in [-0.2, 0) is 10.0 Å². The topological polar surface area (TPSA) is 75.3 Å². The highest BCUT2D eigenvalue weighted by molar-refractivity contribution is 7.89. The maximum absolute atomic E-state index is 12.8. The van der Waals surface area contributed by atoms with Gasteiger partial charge in [-0.1, -0.05) is 36.4 Å². The Morgan fingerprint density at radius 1 is 0.933 bits per heavy atom. The van der Waals surface area contributed by atoms with E-state index in [2.05, 4.69) is 10.0 Å². The first-order valence-corrected chi connectivity index (χ1v) is 11.7. The fourth-order valence-corrected chi connectivity index (χ4v) is 5.21. The molecule has 2 N–H and O–H groups in total. The second kappa shape index (κ2) is 8.39. The normalized spacial score (nSPS) is 12.6. The molecule has 1 atom stereocenters. The number of amides is 1. The van der Waals surface area contributed by atoms with Gasteiger partial charge in [-0.3, -0.25) is 4.79 Å². The highest BCUT2D eigenvalue weighted by atomic mass is 32.2. The third-order valence-corrected chi connectivity index (χ3v) is 7.18. The number of thiophene rings is 1. The number of hydrogen-bond acceptors (Lipinski definition) is 4. The fourth-order valence-electron chi connectivity index (χ4n) is 3.16. The molecule has 5 nitrogen and oxygen atoms in total. The number of nitrogens with one attached hydrogen (secondary N) is 2. The Balaban J connectivity index is 1.53. The van der Waals surface area contributed by atoms with Crippen molar-refractivity contribution in [1.82, 2.24) is 4.72 Å². The van der Waals surface area contributed by atoms with Crippen molar-refractivity contribution in [2.75, 3.05) is 5.32 Å². The zero-order valence-corrected chi connectivity index (χ0v) is 17.8. The summed E-state index contributed by atoms with van der Waals surface area (Å²) in [6, 6.07) is 22.6. The average molecular weight is 437 g/mol. The molecule has 3 aromatic carbocycles. The molecule has 1 heterocycles. The van der Waals surface area contributed by atoms with Crippen LogP contribution < -0.4 is 10.0 Å². The van der Waals surface area contributed by atoms with Gasteiger partial charge in [-0.05, 0) is 65.7 Å². The Morgan fingerprint density at radius 2 is 1.73 bits per heavy atom. The van der Waals surface area contributed by atoms with E-state index in [0.717, 1.165) is 15.6 Å². The van der Waals surface area contributed by atoms with Gasteiger partial charge in [-0.2, -0.15) is 0 Å². The van der Waals surface area contributed by atoms with Crippen LogP contribution in [0.5, 0.6) is 0 Å². The van der Waals surface area contributed by atoms with Crippen LogP contribution in [0, 0.1) is 0 Å². The molecule has 0 aliphatic rings. The van der Waals surface area contributed by atoms with Crippen molar-refractivity contribution in [2.45, 2.75) is 17.9 Å². The van der Waals surface area contributed by atoms with Crippen molar-refractivity contribution in [1.29, 1.82) is 0 Å². The summed E-state index contributed by atoms with van der Waals surface area (Å²) in [5, 5.41) is 5.88. The number of hydrogen-bond donors (Lipinski definition) is 2. The lowest BCUT2D eigenvalue weighted by atomic mass is 10.1. The third kappa shape index (κ3) is 4.43. The largest absolute Gasteiger partial charge is 0.322 e. The van der Waals surface area contributed by atoms with Crippen molar-refractivity contribution in [3.05, 3.63) is 95.4 Å². The van der Waals surface area contributed by atoms with Crippen molar-refractivity contribution >= 4 is 43.0 Å². The monoisotopic (exact) mass is 436 g/mol. The minimum absolute atomic E-state index is 0.0474. The zero-order valence-electron chi connectivity index (χ0n) is 16.2. The summed E-state index contributed by atoms with van der Waals surface area (Å²) in [5.41, 5.74) is 1.80. The molecule has 1 unspecified atom stereocenters. The number of fused-ring (bicyclic) bond motifs is 1. The minimum atomic E-state index is -3.79. The van der Waals surface area contributed by atoms with Crippen LogP contribution in [-0.4, -0.2) is 14.3 Å². The second-order valence-corrected chi connectivity index (χ2v) is 9.57. The van der Waals surface area contributed by atoms with Crippen LogP contribution in [0.2, 0.25) is 0 Å². The Morgan fingerprint density at radius 3 is 2.53 bits per heavy atom. The van der Waals surface area contributed by atoms with Crippen LogP contribution in [0.1, 0.15) is 28.9 Å².